The number of hydrogen-bond donors (Lipinski definition) is 2. The van der Waals surface area contributed by atoms with E-state index in [1.807, 2.05) is 0 Å². The van der Waals surface area contributed by atoms with Crippen LogP contribution in [-0.4, -0.2) is 66.0 Å². The van der Waals surface area contributed by atoms with Crippen LogP contribution in [-0.2, 0) is 9.59 Å². The molecule has 0 aromatic carbocycles. The molecule has 0 unspecified atom stereocenters. The molecule has 7 heteroatoms. The Labute approximate surface area is 118 Å². The maximum absolute atomic E-state index is 12.0. The van der Waals surface area contributed by atoms with Crippen LogP contribution in [0.25, 0.3) is 0 Å². The van der Waals surface area contributed by atoms with Gasteiger partial charge in [-0.15, -0.1) is 0 Å². The van der Waals surface area contributed by atoms with E-state index in [9.17, 15) is 19.5 Å². The zero-order valence-electron chi connectivity index (χ0n) is 12.3. The van der Waals surface area contributed by atoms with Gasteiger partial charge in [-0.1, -0.05) is 13.8 Å². The summed E-state index contributed by atoms with van der Waals surface area (Å²) in [4.78, 5) is 37.9. The van der Waals surface area contributed by atoms with Crippen LogP contribution < -0.4 is 5.32 Å². The van der Waals surface area contributed by atoms with Gasteiger partial charge in [-0.3, -0.25) is 9.59 Å². The zero-order chi connectivity index (χ0) is 15.3. The van der Waals surface area contributed by atoms with Gasteiger partial charge in [0.1, 0.15) is 6.54 Å². The molecule has 1 aliphatic rings. The Morgan fingerprint density at radius 2 is 1.90 bits per heavy atom. The number of carbonyl (C=O) groups excluding carboxylic acids is 2. The van der Waals surface area contributed by atoms with E-state index >= 15 is 0 Å². The zero-order valence-corrected chi connectivity index (χ0v) is 12.3. The number of rotatable bonds is 5. The van der Waals surface area contributed by atoms with Gasteiger partial charge < -0.3 is 20.2 Å². The summed E-state index contributed by atoms with van der Waals surface area (Å²) in [5, 5.41) is 11.9. The maximum Gasteiger partial charge on any atom is 0.317 e. The van der Waals surface area contributed by atoms with Crippen molar-refractivity contribution in [3.8, 4) is 0 Å². The highest BCUT2D eigenvalue weighted by atomic mass is 16.4. The highest BCUT2D eigenvalue weighted by molar-refractivity contribution is 5.85. The number of aliphatic carboxylic acids is 1. The Balaban J connectivity index is 2.58. The van der Waals surface area contributed by atoms with Crippen LogP contribution in [0.2, 0.25) is 0 Å². The molecule has 0 aromatic rings. The molecule has 1 rings (SSSR count). The van der Waals surface area contributed by atoms with Gasteiger partial charge in [0.25, 0.3) is 0 Å². The largest absolute Gasteiger partial charge is 0.481 e. The summed E-state index contributed by atoms with van der Waals surface area (Å²) in [6, 6.07) is -0.376. The van der Waals surface area contributed by atoms with Crippen molar-refractivity contribution in [1.29, 1.82) is 0 Å². The van der Waals surface area contributed by atoms with Gasteiger partial charge in [-0.2, -0.15) is 0 Å². The topological polar surface area (TPSA) is 90.0 Å². The predicted octanol–water partition coefficient (Wildman–Crippen LogP) is 0.361. The standard InChI is InChI=1S/C13H23N3O4/c1-4-13(5-2,11(18)19)9-14-12(20)16-7-6-15(3)10(17)8-16/h4-9H2,1-3H3,(H,14,20)(H,18,19). The van der Waals surface area contributed by atoms with Gasteiger partial charge >= 0.3 is 12.0 Å². The number of nitrogens with zero attached hydrogens (tertiary/aromatic N) is 2. The fourth-order valence-electron chi connectivity index (χ4n) is 2.17. The van der Waals surface area contributed by atoms with E-state index < -0.39 is 11.4 Å². The van der Waals surface area contributed by atoms with Gasteiger partial charge in [0, 0.05) is 26.7 Å². The molecule has 20 heavy (non-hydrogen) atoms. The third-order valence-electron chi connectivity index (χ3n) is 4.13. The van der Waals surface area contributed by atoms with E-state index in [-0.39, 0.29) is 25.0 Å². The van der Waals surface area contributed by atoms with Crippen LogP contribution in [0.1, 0.15) is 26.7 Å². The summed E-state index contributed by atoms with van der Waals surface area (Å²) in [5.41, 5.74) is -0.938. The number of hydrogen-bond acceptors (Lipinski definition) is 3. The molecule has 0 aromatic heterocycles. The number of nitrogens with one attached hydrogen (secondary N) is 1. The number of urea groups is 1. The van der Waals surface area contributed by atoms with Crippen molar-refractivity contribution < 1.29 is 19.5 Å². The van der Waals surface area contributed by atoms with Crippen LogP contribution in [0.4, 0.5) is 4.79 Å². The van der Waals surface area contributed by atoms with Gasteiger partial charge in [0.2, 0.25) is 5.91 Å². The van der Waals surface area contributed by atoms with Crippen LogP contribution in [0.5, 0.6) is 0 Å². The second-order valence-electron chi connectivity index (χ2n) is 5.19. The van der Waals surface area contributed by atoms with E-state index in [1.165, 1.54) is 4.90 Å². The minimum Gasteiger partial charge on any atom is -0.481 e. The quantitative estimate of drug-likeness (QED) is 0.763. The van der Waals surface area contributed by atoms with E-state index in [2.05, 4.69) is 5.32 Å². The number of amides is 3. The lowest BCUT2D eigenvalue weighted by Crippen LogP contribution is -2.55. The van der Waals surface area contributed by atoms with Crippen molar-refractivity contribution in [2.24, 2.45) is 5.41 Å². The van der Waals surface area contributed by atoms with Crippen LogP contribution >= 0.6 is 0 Å². The molecule has 0 bridgehead atoms. The molecule has 1 aliphatic heterocycles. The Morgan fingerprint density at radius 3 is 2.35 bits per heavy atom. The molecule has 0 aliphatic carbocycles. The summed E-state index contributed by atoms with van der Waals surface area (Å²) in [6.45, 7) is 4.67. The predicted molar refractivity (Wildman–Crippen MR) is 73.3 cm³/mol. The molecule has 114 valence electrons. The monoisotopic (exact) mass is 285 g/mol. The second-order valence-corrected chi connectivity index (χ2v) is 5.19. The fourth-order valence-corrected chi connectivity index (χ4v) is 2.17. The number of likely N-dealkylation sites (N-methyl/N-ethyl adjacent to an activating group) is 1. The first-order valence-corrected chi connectivity index (χ1v) is 6.86. The normalized spacial score (nSPS) is 16.2. The maximum atomic E-state index is 12.0. The lowest BCUT2D eigenvalue weighted by atomic mass is 9.82. The Kier molecular flexibility index (Phi) is 5.35. The Morgan fingerprint density at radius 1 is 1.30 bits per heavy atom. The molecule has 0 atom stereocenters. The number of piperazine rings is 1. The number of carbonyl (C=O) groups is 3. The van der Waals surface area contributed by atoms with Gasteiger partial charge in [0.15, 0.2) is 0 Å². The Hall–Kier alpha value is -1.79. The van der Waals surface area contributed by atoms with Crippen molar-refractivity contribution in [2.75, 3.05) is 33.2 Å². The van der Waals surface area contributed by atoms with E-state index in [4.69, 9.17) is 0 Å². The highest BCUT2D eigenvalue weighted by Crippen LogP contribution is 2.25. The van der Waals surface area contributed by atoms with Gasteiger partial charge in [-0.25, -0.2) is 4.79 Å². The third-order valence-corrected chi connectivity index (χ3v) is 4.13. The molecule has 3 amide bonds. The Bertz CT molecular complexity index is 393. The molecule has 7 nitrogen and oxygen atoms in total. The highest BCUT2D eigenvalue weighted by Gasteiger charge is 2.36. The molecule has 0 spiro atoms. The average Bonchev–Trinajstić information content (AvgIpc) is 2.43. The molecule has 0 radical (unpaired) electrons. The van der Waals surface area contributed by atoms with E-state index in [0.717, 1.165) is 0 Å². The molecule has 1 saturated heterocycles. The minimum absolute atomic E-state index is 0.0423. The summed E-state index contributed by atoms with van der Waals surface area (Å²) < 4.78 is 0. The molecular formula is C13H23N3O4. The van der Waals surface area contributed by atoms with Crippen LogP contribution in [0, 0.1) is 5.41 Å². The van der Waals surface area contributed by atoms with Gasteiger partial charge in [-0.05, 0) is 12.8 Å². The molecule has 2 N–H and O–H groups in total. The summed E-state index contributed by atoms with van der Waals surface area (Å²) in [6.07, 6.45) is 0.890. The summed E-state index contributed by atoms with van der Waals surface area (Å²) in [5.74, 6) is -1.01. The van der Waals surface area contributed by atoms with Gasteiger partial charge in [0.05, 0.1) is 5.41 Å². The number of carboxylic acid groups (broad SMARTS) is 1. The summed E-state index contributed by atoms with van der Waals surface area (Å²) >= 11 is 0. The first kappa shape index (κ1) is 16.3. The van der Waals surface area contributed by atoms with E-state index in [1.54, 1.807) is 25.8 Å². The lowest BCUT2D eigenvalue weighted by molar-refractivity contribution is -0.149. The first-order valence-electron chi connectivity index (χ1n) is 6.86. The lowest BCUT2D eigenvalue weighted by Gasteiger charge is -2.33. The second kappa shape index (κ2) is 6.58. The first-order chi connectivity index (χ1) is 9.36. The molecule has 1 heterocycles. The molecular weight excluding hydrogens is 262 g/mol. The number of carboxylic acids is 1. The molecule has 1 fully saturated rings. The smallest absolute Gasteiger partial charge is 0.317 e. The van der Waals surface area contributed by atoms with Crippen molar-refractivity contribution in [3.63, 3.8) is 0 Å². The molecule has 0 saturated carbocycles. The van der Waals surface area contributed by atoms with Crippen LogP contribution in [0.3, 0.4) is 0 Å². The van der Waals surface area contributed by atoms with Crippen molar-refractivity contribution in [3.05, 3.63) is 0 Å². The average molecular weight is 285 g/mol. The van der Waals surface area contributed by atoms with Crippen molar-refractivity contribution in [2.45, 2.75) is 26.7 Å². The van der Waals surface area contributed by atoms with Crippen LogP contribution in [0.15, 0.2) is 0 Å². The summed E-state index contributed by atoms with van der Waals surface area (Å²) in [7, 11) is 1.70. The fraction of sp³-hybridized carbons (Fsp3) is 0.769. The minimum atomic E-state index is -0.938. The SMILES string of the molecule is CCC(CC)(CNC(=O)N1CCN(C)C(=O)C1)C(=O)O. The van der Waals surface area contributed by atoms with E-state index in [0.29, 0.717) is 25.9 Å². The third kappa shape index (κ3) is 3.40. The van der Waals surface area contributed by atoms with Crippen molar-refractivity contribution >= 4 is 17.9 Å². The van der Waals surface area contributed by atoms with Crippen molar-refractivity contribution in [1.82, 2.24) is 15.1 Å².